The molecule has 0 spiro atoms. The second-order valence-corrected chi connectivity index (χ2v) is 6.81. The zero-order chi connectivity index (χ0) is 15.4. The minimum absolute atomic E-state index is 0.00656. The van der Waals surface area contributed by atoms with Crippen molar-refractivity contribution in [3.63, 3.8) is 0 Å². The van der Waals surface area contributed by atoms with Gasteiger partial charge in [0.15, 0.2) is 6.61 Å². The zero-order valence-electron chi connectivity index (χ0n) is 11.7. The molecule has 0 radical (unpaired) electrons. The number of benzene rings is 2. The lowest BCUT2D eigenvalue weighted by molar-refractivity contribution is -0.118. The van der Waals surface area contributed by atoms with Crippen LogP contribution in [-0.4, -0.2) is 12.5 Å². The molecule has 2 aromatic carbocycles. The van der Waals surface area contributed by atoms with Gasteiger partial charge >= 0.3 is 0 Å². The van der Waals surface area contributed by atoms with Crippen molar-refractivity contribution in [2.24, 2.45) is 0 Å². The van der Waals surface area contributed by atoms with E-state index in [0.717, 1.165) is 30.6 Å². The molecule has 0 aliphatic heterocycles. The highest BCUT2D eigenvalue weighted by molar-refractivity contribution is 14.1. The summed E-state index contributed by atoms with van der Waals surface area (Å²) in [6, 6.07) is 11.6. The third-order valence-corrected chi connectivity index (χ3v) is 4.45. The average Bonchev–Trinajstić information content (AvgIpc) is 2.41. The van der Waals surface area contributed by atoms with Crippen LogP contribution in [0.4, 0.5) is 5.69 Å². The fourth-order valence-corrected chi connectivity index (χ4v) is 2.82. The van der Waals surface area contributed by atoms with Crippen molar-refractivity contribution in [3.05, 3.63) is 55.6 Å². The van der Waals surface area contributed by atoms with Gasteiger partial charge in [-0.15, -0.1) is 0 Å². The van der Waals surface area contributed by atoms with E-state index < -0.39 is 0 Å². The fraction of sp³-hybridized carbons (Fsp3) is 0.188. The Morgan fingerprint density at radius 2 is 2.00 bits per heavy atom. The first kappa shape index (κ1) is 16.3. The minimum atomic E-state index is -0.169. The Hall–Kier alpha value is -1.08. The highest BCUT2D eigenvalue weighted by Crippen LogP contribution is 2.26. The molecule has 110 valence electrons. The summed E-state index contributed by atoms with van der Waals surface area (Å²) in [5.41, 5.74) is 2.85. The summed E-state index contributed by atoms with van der Waals surface area (Å²) in [7, 11) is 0. The topological polar surface area (TPSA) is 38.3 Å². The number of aryl methyl sites for hydroxylation is 2. The van der Waals surface area contributed by atoms with Crippen LogP contribution in [0.5, 0.6) is 5.75 Å². The van der Waals surface area contributed by atoms with Crippen LogP contribution in [0.15, 0.2) is 40.9 Å². The summed E-state index contributed by atoms with van der Waals surface area (Å²) in [5, 5.41) is 2.82. The van der Waals surface area contributed by atoms with Gasteiger partial charge in [0.1, 0.15) is 5.75 Å². The van der Waals surface area contributed by atoms with Crippen LogP contribution >= 0.6 is 38.5 Å². The van der Waals surface area contributed by atoms with Gasteiger partial charge in [0.05, 0.1) is 0 Å². The van der Waals surface area contributed by atoms with E-state index in [1.807, 2.05) is 50.2 Å². The summed E-state index contributed by atoms with van der Waals surface area (Å²) in [4.78, 5) is 11.9. The Balaban J connectivity index is 1.97. The van der Waals surface area contributed by atoms with E-state index in [9.17, 15) is 4.79 Å². The number of halogens is 2. The molecule has 0 aliphatic carbocycles. The van der Waals surface area contributed by atoms with Gasteiger partial charge in [-0.25, -0.2) is 0 Å². The number of nitrogens with one attached hydrogen (secondary N) is 1. The number of carbonyl (C=O) groups is 1. The lowest BCUT2D eigenvalue weighted by Crippen LogP contribution is -2.20. The average molecular weight is 460 g/mol. The molecule has 5 heteroatoms. The molecule has 1 N–H and O–H groups in total. The standard InChI is InChI=1S/C16H15BrINO2/c1-10-7-15(11(2)6-14(10)17)21-9-16(20)19-13-5-3-4-12(18)8-13/h3-8H,9H2,1-2H3,(H,19,20). The monoisotopic (exact) mass is 459 g/mol. The number of ether oxygens (including phenoxy) is 1. The lowest BCUT2D eigenvalue weighted by atomic mass is 10.1. The van der Waals surface area contributed by atoms with Gasteiger partial charge in [0.2, 0.25) is 0 Å². The quantitative estimate of drug-likeness (QED) is 0.673. The van der Waals surface area contributed by atoms with E-state index in [1.165, 1.54) is 0 Å². The third kappa shape index (κ3) is 4.71. The molecule has 0 aliphatic rings. The fourth-order valence-electron chi connectivity index (χ4n) is 1.82. The Labute approximate surface area is 146 Å². The maximum atomic E-state index is 11.9. The van der Waals surface area contributed by atoms with Crippen molar-refractivity contribution in [3.8, 4) is 5.75 Å². The molecule has 0 unspecified atom stereocenters. The minimum Gasteiger partial charge on any atom is -0.483 e. The molecule has 0 aromatic heterocycles. The van der Waals surface area contributed by atoms with Gasteiger partial charge in [-0.05, 0) is 77.9 Å². The van der Waals surface area contributed by atoms with Gasteiger partial charge in [-0.2, -0.15) is 0 Å². The molecule has 0 fully saturated rings. The molecule has 0 saturated carbocycles. The first-order chi connectivity index (χ1) is 9.95. The lowest BCUT2D eigenvalue weighted by Gasteiger charge is -2.11. The Bertz CT molecular complexity index is 673. The molecule has 21 heavy (non-hydrogen) atoms. The van der Waals surface area contributed by atoms with Crippen LogP contribution in [0, 0.1) is 17.4 Å². The van der Waals surface area contributed by atoms with Gasteiger partial charge < -0.3 is 10.1 Å². The van der Waals surface area contributed by atoms with Gasteiger partial charge in [0.25, 0.3) is 5.91 Å². The second-order valence-electron chi connectivity index (χ2n) is 4.71. The maximum absolute atomic E-state index is 11.9. The van der Waals surface area contributed by atoms with Gasteiger partial charge in [0, 0.05) is 13.7 Å². The number of hydrogen-bond acceptors (Lipinski definition) is 2. The van der Waals surface area contributed by atoms with E-state index in [2.05, 4.69) is 43.8 Å². The molecular formula is C16H15BrINO2. The number of anilines is 1. The van der Waals surface area contributed by atoms with Crippen LogP contribution < -0.4 is 10.1 Å². The summed E-state index contributed by atoms with van der Waals surface area (Å²) >= 11 is 5.68. The van der Waals surface area contributed by atoms with Crippen LogP contribution in [-0.2, 0) is 4.79 Å². The molecule has 0 bridgehead atoms. The van der Waals surface area contributed by atoms with Gasteiger partial charge in [-0.3, -0.25) is 4.79 Å². The maximum Gasteiger partial charge on any atom is 0.262 e. The molecule has 0 saturated heterocycles. The Morgan fingerprint density at radius 1 is 1.24 bits per heavy atom. The Morgan fingerprint density at radius 3 is 2.71 bits per heavy atom. The van der Waals surface area contributed by atoms with E-state index >= 15 is 0 Å². The van der Waals surface area contributed by atoms with Crippen molar-refractivity contribution in [2.75, 3.05) is 11.9 Å². The van der Waals surface area contributed by atoms with Crippen LogP contribution in [0.1, 0.15) is 11.1 Å². The highest BCUT2D eigenvalue weighted by Gasteiger charge is 2.07. The third-order valence-electron chi connectivity index (χ3n) is 2.92. The normalized spacial score (nSPS) is 10.3. The highest BCUT2D eigenvalue weighted by atomic mass is 127. The first-order valence-corrected chi connectivity index (χ1v) is 8.28. The number of amides is 1. The van der Waals surface area contributed by atoms with E-state index in [-0.39, 0.29) is 12.5 Å². The SMILES string of the molecule is Cc1cc(OCC(=O)Nc2cccc(I)c2)c(C)cc1Br. The molecule has 2 aromatic rings. The molecule has 0 atom stereocenters. The zero-order valence-corrected chi connectivity index (χ0v) is 15.5. The van der Waals surface area contributed by atoms with Gasteiger partial charge in [-0.1, -0.05) is 22.0 Å². The van der Waals surface area contributed by atoms with Crippen molar-refractivity contribution < 1.29 is 9.53 Å². The number of hydrogen-bond donors (Lipinski definition) is 1. The number of rotatable bonds is 4. The summed E-state index contributed by atoms with van der Waals surface area (Å²) in [6.45, 7) is 3.94. The predicted octanol–water partition coefficient (Wildman–Crippen LogP) is 4.69. The second kappa shape index (κ2) is 7.26. The predicted molar refractivity (Wildman–Crippen MR) is 96.9 cm³/mol. The van der Waals surface area contributed by atoms with Crippen molar-refractivity contribution >= 4 is 50.1 Å². The largest absolute Gasteiger partial charge is 0.483 e. The van der Waals surface area contributed by atoms with Crippen LogP contribution in [0.2, 0.25) is 0 Å². The Kier molecular flexibility index (Phi) is 5.64. The summed E-state index contributed by atoms with van der Waals surface area (Å²) < 4.78 is 7.71. The van der Waals surface area contributed by atoms with Crippen molar-refractivity contribution in [1.82, 2.24) is 0 Å². The van der Waals surface area contributed by atoms with E-state index in [1.54, 1.807) is 0 Å². The molecule has 2 rings (SSSR count). The van der Waals surface area contributed by atoms with Crippen molar-refractivity contribution in [1.29, 1.82) is 0 Å². The summed E-state index contributed by atoms with van der Waals surface area (Å²) in [6.07, 6.45) is 0. The van der Waals surface area contributed by atoms with Crippen LogP contribution in [0.25, 0.3) is 0 Å². The van der Waals surface area contributed by atoms with E-state index in [0.29, 0.717) is 0 Å². The van der Waals surface area contributed by atoms with Crippen molar-refractivity contribution in [2.45, 2.75) is 13.8 Å². The summed E-state index contributed by atoms with van der Waals surface area (Å²) in [5.74, 6) is 0.561. The van der Waals surface area contributed by atoms with E-state index in [4.69, 9.17) is 4.74 Å². The first-order valence-electron chi connectivity index (χ1n) is 6.40. The molecule has 0 heterocycles. The molecule has 1 amide bonds. The van der Waals surface area contributed by atoms with Crippen LogP contribution in [0.3, 0.4) is 0 Å². The molecule has 3 nitrogen and oxygen atoms in total. The number of carbonyl (C=O) groups excluding carboxylic acids is 1. The molecular weight excluding hydrogens is 445 g/mol. The smallest absolute Gasteiger partial charge is 0.262 e.